The van der Waals surface area contributed by atoms with Crippen molar-refractivity contribution in [3.8, 4) is 0 Å². The molecule has 0 aliphatic rings. The third-order valence-corrected chi connectivity index (χ3v) is 5.79. The number of rotatable bonds is 8. The smallest absolute Gasteiger partial charge is 0.265 e. The molecule has 0 bridgehead atoms. The lowest BCUT2D eigenvalue weighted by Crippen LogP contribution is -2.27. The van der Waals surface area contributed by atoms with Crippen molar-refractivity contribution in [1.29, 1.82) is 0 Å². The van der Waals surface area contributed by atoms with Crippen LogP contribution in [0.4, 0.5) is 10.9 Å². The Morgan fingerprint density at radius 2 is 2.10 bits per heavy atom. The molecule has 0 spiro atoms. The van der Waals surface area contributed by atoms with E-state index in [9.17, 15) is 9.00 Å². The van der Waals surface area contributed by atoms with E-state index < -0.39 is 10.8 Å². The maximum Gasteiger partial charge on any atom is 0.265 e. The predicted octanol–water partition coefficient (Wildman–Crippen LogP) is 1.46. The molecule has 0 saturated carbocycles. The number of amides is 1. The van der Waals surface area contributed by atoms with Crippen molar-refractivity contribution in [3.63, 3.8) is 0 Å². The standard InChI is InChI=1S/C13H24N4O2S2/c1-5-17(6-2)13-16-11(14)10(20-13)12(18)15-8-7-9(3)21(4)19/h9H,5-8,14H2,1-4H3,(H,15,18). The van der Waals surface area contributed by atoms with Crippen LogP contribution in [0.25, 0.3) is 0 Å². The summed E-state index contributed by atoms with van der Waals surface area (Å²) in [6, 6.07) is 0. The second kappa shape index (κ2) is 8.33. The number of hydrogen-bond donors (Lipinski definition) is 2. The summed E-state index contributed by atoms with van der Waals surface area (Å²) in [5.74, 6) is 0.0593. The van der Waals surface area contributed by atoms with E-state index in [2.05, 4.69) is 15.2 Å². The lowest BCUT2D eigenvalue weighted by atomic mass is 10.3. The van der Waals surface area contributed by atoms with Crippen LogP contribution in [0, 0.1) is 0 Å². The lowest BCUT2D eigenvalue weighted by Gasteiger charge is -2.16. The van der Waals surface area contributed by atoms with Crippen LogP contribution in [0.5, 0.6) is 0 Å². The predicted molar refractivity (Wildman–Crippen MR) is 90.6 cm³/mol. The molecule has 1 aromatic rings. The number of thiazole rings is 1. The van der Waals surface area contributed by atoms with Crippen LogP contribution < -0.4 is 16.0 Å². The first-order valence-corrected chi connectivity index (χ1v) is 9.46. The van der Waals surface area contributed by atoms with E-state index >= 15 is 0 Å². The highest BCUT2D eigenvalue weighted by Gasteiger charge is 2.18. The number of aromatic nitrogens is 1. The molecule has 2 unspecified atom stereocenters. The molecule has 120 valence electrons. The molecule has 0 aromatic carbocycles. The number of hydrogen-bond acceptors (Lipinski definition) is 6. The van der Waals surface area contributed by atoms with Crippen molar-refractivity contribution in [1.82, 2.24) is 10.3 Å². The quantitative estimate of drug-likeness (QED) is 0.752. The molecule has 21 heavy (non-hydrogen) atoms. The van der Waals surface area contributed by atoms with Crippen molar-refractivity contribution in [3.05, 3.63) is 4.88 Å². The van der Waals surface area contributed by atoms with Gasteiger partial charge >= 0.3 is 0 Å². The van der Waals surface area contributed by atoms with E-state index in [-0.39, 0.29) is 17.0 Å². The van der Waals surface area contributed by atoms with Gasteiger partial charge in [0.25, 0.3) is 5.91 Å². The van der Waals surface area contributed by atoms with Gasteiger partial charge in [-0.15, -0.1) is 0 Å². The zero-order valence-corrected chi connectivity index (χ0v) is 14.6. The number of carbonyl (C=O) groups is 1. The Balaban J connectivity index is 2.64. The molecule has 1 rings (SSSR count). The summed E-state index contributed by atoms with van der Waals surface area (Å²) in [5, 5.41) is 3.65. The molecule has 2 atom stereocenters. The summed E-state index contributed by atoms with van der Waals surface area (Å²) >= 11 is 1.31. The summed E-state index contributed by atoms with van der Waals surface area (Å²) in [6.07, 6.45) is 2.35. The van der Waals surface area contributed by atoms with Gasteiger partial charge in [-0.05, 0) is 20.3 Å². The molecule has 8 heteroatoms. The molecule has 3 N–H and O–H groups in total. The van der Waals surface area contributed by atoms with Crippen molar-refractivity contribution >= 4 is 39.0 Å². The Morgan fingerprint density at radius 3 is 2.62 bits per heavy atom. The van der Waals surface area contributed by atoms with Crippen molar-refractivity contribution in [2.75, 3.05) is 36.5 Å². The van der Waals surface area contributed by atoms with Crippen LogP contribution in [0.2, 0.25) is 0 Å². The highest BCUT2D eigenvalue weighted by atomic mass is 32.2. The van der Waals surface area contributed by atoms with Gasteiger partial charge in [0.15, 0.2) is 5.13 Å². The Hall–Kier alpha value is -1.15. The van der Waals surface area contributed by atoms with Gasteiger partial charge in [0.2, 0.25) is 0 Å². The minimum absolute atomic E-state index is 0.0651. The van der Waals surface area contributed by atoms with E-state index in [1.54, 1.807) is 6.26 Å². The topological polar surface area (TPSA) is 88.3 Å². The van der Waals surface area contributed by atoms with Crippen LogP contribution in [-0.4, -0.2) is 46.2 Å². The summed E-state index contributed by atoms with van der Waals surface area (Å²) in [4.78, 5) is 18.9. The molecule has 0 aliphatic carbocycles. The third-order valence-electron chi connectivity index (χ3n) is 3.29. The number of anilines is 2. The minimum atomic E-state index is -0.871. The molecule has 0 fully saturated rings. The van der Waals surface area contributed by atoms with Crippen molar-refractivity contribution in [2.45, 2.75) is 32.4 Å². The molecule has 6 nitrogen and oxygen atoms in total. The van der Waals surface area contributed by atoms with Gasteiger partial charge in [0.05, 0.1) is 0 Å². The molecule has 1 aromatic heterocycles. The van der Waals surface area contributed by atoms with E-state index in [0.717, 1.165) is 18.2 Å². The fourth-order valence-corrected chi connectivity index (χ4v) is 3.23. The monoisotopic (exact) mass is 332 g/mol. The first-order chi connectivity index (χ1) is 9.90. The molecule has 0 radical (unpaired) electrons. The zero-order chi connectivity index (χ0) is 16.0. The van der Waals surface area contributed by atoms with Crippen LogP contribution >= 0.6 is 11.3 Å². The van der Waals surface area contributed by atoms with Gasteiger partial charge in [0, 0.05) is 41.9 Å². The Morgan fingerprint density at radius 1 is 1.48 bits per heavy atom. The second-order valence-electron chi connectivity index (χ2n) is 4.74. The zero-order valence-electron chi connectivity index (χ0n) is 13.0. The van der Waals surface area contributed by atoms with E-state index in [1.165, 1.54) is 11.3 Å². The number of carbonyl (C=O) groups excluding carboxylic acids is 1. The van der Waals surface area contributed by atoms with Gasteiger partial charge in [-0.2, -0.15) is 0 Å². The Kier molecular flexibility index (Phi) is 7.10. The highest BCUT2D eigenvalue weighted by Crippen LogP contribution is 2.27. The summed E-state index contributed by atoms with van der Waals surface area (Å²) in [7, 11) is -0.871. The number of nitrogens with two attached hydrogens (primary N) is 1. The van der Waals surface area contributed by atoms with Crippen molar-refractivity contribution < 1.29 is 9.00 Å². The average Bonchev–Trinajstić information content (AvgIpc) is 2.81. The van der Waals surface area contributed by atoms with Crippen LogP contribution in [0.1, 0.15) is 36.9 Å². The normalized spacial score (nSPS) is 13.7. The minimum Gasteiger partial charge on any atom is -0.382 e. The number of nitrogens with one attached hydrogen (secondary N) is 1. The SMILES string of the molecule is CCN(CC)c1nc(N)c(C(=O)NCCC(C)S(C)=O)s1. The van der Waals surface area contributed by atoms with Gasteiger partial charge in [0.1, 0.15) is 10.7 Å². The van der Waals surface area contributed by atoms with Gasteiger partial charge < -0.3 is 16.0 Å². The highest BCUT2D eigenvalue weighted by molar-refractivity contribution is 7.84. The fourth-order valence-electron chi connectivity index (χ4n) is 1.75. The van der Waals surface area contributed by atoms with E-state index in [4.69, 9.17) is 5.73 Å². The molecule has 1 heterocycles. The average molecular weight is 332 g/mol. The third kappa shape index (κ3) is 4.96. The molecular weight excluding hydrogens is 308 g/mol. The molecule has 0 saturated heterocycles. The van der Waals surface area contributed by atoms with Gasteiger partial charge in [-0.25, -0.2) is 4.98 Å². The first-order valence-electron chi connectivity index (χ1n) is 7.02. The number of nitrogens with zero attached hydrogens (tertiary/aromatic N) is 2. The largest absolute Gasteiger partial charge is 0.382 e. The van der Waals surface area contributed by atoms with E-state index in [1.807, 2.05) is 20.8 Å². The maximum atomic E-state index is 12.1. The second-order valence-corrected chi connectivity index (χ2v) is 7.52. The fraction of sp³-hybridized carbons (Fsp3) is 0.692. The molecular formula is C13H24N4O2S2. The maximum absolute atomic E-state index is 12.1. The number of nitrogen functional groups attached to an aromatic ring is 1. The summed E-state index contributed by atoms with van der Waals surface area (Å²) < 4.78 is 11.3. The van der Waals surface area contributed by atoms with Crippen molar-refractivity contribution in [2.24, 2.45) is 0 Å². The van der Waals surface area contributed by atoms with E-state index in [0.29, 0.717) is 17.8 Å². The lowest BCUT2D eigenvalue weighted by molar-refractivity contribution is 0.0958. The van der Waals surface area contributed by atoms with Crippen LogP contribution in [0.15, 0.2) is 0 Å². The first kappa shape index (κ1) is 17.9. The summed E-state index contributed by atoms with van der Waals surface area (Å²) in [6.45, 7) is 8.11. The molecule has 0 aliphatic heterocycles. The van der Waals surface area contributed by atoms with Gasteiger partial charge in [-0.1, -0.05) is 18.3 Å². The van der Waals surface area contributed by atoms with Crippen LogP contribution in [-0.2, 0) is 10.8 Å². The summed E-state index contributed by atoms with van der Waals surface area (Å²) in [5.41, 5.74) is 5.83. The molecule has 1 amide bonds. The van der Waals surface area contributed by atoms with Gasteiger partial charge in [-0.3, -0.25) is 9.00 Å². The van der Waals surface area contributed by atoms with Crippen LogP contribution in [0.3, 0.4) is 0 Å². The Labute approximate surface area is 132 Å². The Bertz CT molecular complexity index is 500.